The van der Waals surface area contributed by atoms with Crippen LogP contribution in [0.15, 0.2) is 47.6 Å². The van der Waals surface area contributed by atoms with E-state index in [0.717, 1.165) is 12.0 Å². The molecule has 1 amide bonds. The summed E-state index contributed by atoms with van der Waals surface area (Å²) in [6.07, 6.45) is 2.34. The Kier molecular flexibility index (Phi) is 6.83. The first-order valence-electron chi connectivity index (χ1n) is 7.92. The Morgan fingerprint density at radius 1 is 1.12 bits per heavy atom. The summed E-state index contributed by atoms with van der Waals surface area (Å²) in [6, 6.07) is 13.0. The van der Waals surface area contributed by atoms with Crippen molar-refractivity contribution in [2.45, 2.75) is 13.3 Å². The van der Waals surface area contributed by atoms with Crippen molar-refractivity contribution >= 4 is 12.1 Å². The van der Waals surface area contributed by atoms with Crippen LogP contribution in [0.5, 0.6) is 17.2 Å². The van der Waals surface area contributed by atoms with Crippen molar-refractivity contribution in [1.29, 1.82) is 0 Å². The number of amides is 1. The molecule has 0 aromatic heterocycles. The number of para-hydroxylation sites is 1. The Morgan fingerprint density at radius 3 is 2.64 bits per heavy atom. The van der Waals surface area contributed by atoms with Crippen molar-refractivity contribution in [1.82, 2.24) is 5.43 Å². The standard InChI is InChI=1S/C19H22N2O4/c1-4-14-7-5-6-8-18(14)25-13-19(22)21-20-12-15-11-16(23-2)9-10-17(15)24-3/h5-12H,4,13H2,1-3H3,(H,21,22)/b20-12+. The molecule has 1 N–H and O–H groups in total. The molecule has 0 unspecified atom stereocenters. The van der Waals surface area contributed by atoms with Gasteiger partial charge in [-0.05, 0) is 36.2 Å². The van der Waals surface area contributed by atoms with Crippen LogP contribution in [-0.2, 0) is 11.2 Å². The van der Waals surface area contributed by atoms with Gasteiger partial charge < -0.3 is 14.2 Å². The summed E-state index contributed by atoms with van der Waals surface area (Å²) < 4.78 is 16.0. The number of methoxy groups -OCH3 is 2. The van der Waals surface area contributed by atoms with Gasteiger partial charge in [0, 0.05) is 5.56 Å². The number of carbonyl (C=O) groups is 1. The van der Waals surface area contributed by atoms with Crippen LogP contribution >= 0.6 is 0 Å². The van der Waals surface area contributed by atoms with E-state index in [-0.39, 0.29) is 12.5 Å². The Hall–Kier alpha value is -3.02. The Labute approximate surface area is 147 Å². The van der Waals surface area contributed by atoms with Crippen LogP contribution in [0.4, 0.5) is 0 Å². The van der Waals surface area contributed by atoms with Crippen LogP contribution in [-0.4, -0.2) is 32.9 Å². The number of nitrogens with zero attached hydrogens (tertiary/aromatic N) is 1. The van der Waals surface area contributed by atoms with Crippen molar-refractivity contribution in [2.75, 3.05) is 20.8 Å². The molecule has 2 aromatic rings. The molecule has 0 aliphatic carbocycles. The monoisotopic (exact) mass is 342 g/mol. The molecule has 0 radical (unpaired) electrons. The van der Waals surface area contributed by atoms with Crippen LogP contribution in [0.25, 0.3) is 0 Å². The molecule has 0 fully saturated rings. The molecule has 6 nitrogen and oxygen atoms in total. The SMILES string of the molecule is CCc1ccccc1OCC(=O)N/N=C/c1cc(OC)ccc1OC. The van der Waals surface area contributed by atoms with E-state index in [0.29, 0.717) is 22.8 Å². The molecule has 0 saturated heterocycles. The minimum absolute atomic E-state index is 0.108. The van der Waals surface area contributed by atoms with Gasteiger partial charge in [0.25, 0.3) is 5.91 Å². The lowest BCUT2D eigenvalue weighted by Crippen LogP contribution is -2.24. The average Bonchev–Trinajstić information content (AvgIpc) is 2.66. The average molecular weight is 342 g/mol. The Morgan fingerprint density at radius 2 is 1.92 bits per heavy atom. The summed E-state index contributed by atoms with van der Waals surface area (Å²) in [5.74, 6) is 1.67. The molecular formula is C19H22N2O4. The van der Waals surface area contributed by atoms with Gasteiger partial charge >= 0.3 is 0 Å². The van der Waals surface area contributed by atoms with Crippen molar-refractivity contribution in [3.63, 3.8) is 0 Å². The Bertz CT molecular complexity index is 744. The van der Waals surface area contributed by atoms with Gasteiger partial charge in [-0.3, -0.25) is 4.79 Å². The van der Waals surface area contributed by atoms with Crippen LogP contribution in [0.3, 0.4) is 0 Å². The first kappa shape index (κ1) is 18.3. The van der Waals surface area contributed by atoms with Gasteiger partial charge in [0.2, 0.25) is 0 Å². The molecule has 0 spiro atoms. The van der Waals surface area contributed by atoms with Gasteiger partial charge in [-0.1, -0.05) is 25.1 Å². The highest BCUT2D eigenvalue weighted by Crippen LogP contribution is 2.22. The second-order valence-electron chi connectivity index (χ2n) is 5.15. The first-order valence-corrected chi connectivity index (χ1v) is 7.92. The summed E-state index contributed by atoms with van der Waals surface area (Å²) in [4.78, 5) is 11.9. The third-order valence-electron chi connectivity index (χ3n) is 3.54. The number of aryl methyl sites for hydroxylation is 1. The number of carbonyl (C=O) groups excluding carboxylic acids is 1. The predicted molar refractivity (Wildman–Crippen MR) is 96.6 cm³/mol. The first-order chi connectivity index (χ1) is 12.2. The third-order valence-corrected chi connectivity index (χ3v) is 3.54. The zero-order valence-electron chi connectivity index (χ0n) is 14.6. The smallest absolute Gasteiger partial charge is 0.277 e. The lowest BCUT2D eigenvalue weighted by Gasteiger charge is -2.09. The molecule has 25 heavy (non-hydrogen) atoms. The molecule has 0 aliphatic rings. The zero-order valence-corrected chi connectivity index (χ0v) is 14.6. The van der Waals surface area contributed by atoms with Gasteiger partial charge in [-0.2, -0.15) is 5.10 Å². The van der Waals surface area contributed by atoms with E-state index in [1.54, 1.807) is 32.4 Å². The molecular weight excluding hydrogens is 320 g/mol. The minimum atomic E-state index is -0.344. The highest BCUT2D eigenvalue weighted by atomic mass is 16.5. The molecule has 2 aromatic carbocycles. The molecule has 0 aliphatic heterocycles. The number of benzene rings is 2. The van der Waals surface area contributed by atoms with Crippen LogP contribution < -0.4 is 19.6 Å². The van der Waals surface area contributed by atoms with Crippen LogP contribution in [0.2, 0.25) is 0 Å². The number of hydrazone groups is 1. The summed E-state index contributed by atoms with van der Waals surface area (Å²) in [7, 11) is 3.15. The van der Waals surface area contributed by atoms with Crippen molar-refractivity contribution < 1.29 is 19.0 Å². The van der Waals surface area contributed by atoms with Crippen LogP contribution in [0.1, 0.15) is 18.1 Å². The van der Waals surface area contributed by atoms with Crippen molar-refractivity contribution in [3.8, 4) is 17.2 Å². The molecule has 2 rings (SSSR count). The summed E-state index contributed by atoms with van der Waals surface area (Å²) >= 11 is 0. The van der Waals surface area contributed by atoms with Crippen LogP contribution in [0, 0.1) is 0 Å². The second kappa shape index (κ2) is 9.32. The zero-order chi connectivity index (χ0) is 18.1. The topological polar surface area (TPSA) is 69.2 Å². The highest BCUT2D eigenvalue weighted by Gasteiger charge is 2.06. The highest BCUT2D eigenvalue weighted by molar-refractivity contribution is 5.86. The van der Waals surface area contributed by atoms with E-state index in [9.17, 15) is 4.79 Å². The lowest BCUT2D eigenvalue weighted by atomic mass is 10.1. The van der Waals surface area contributed by atoms with Gasteiger partial charge in [-0.25, -0.2) is 5.43 Å². The van der Waals surface area contributed by atoms with E-state index in [1.807, 2.05) is 31.2 Å². The maximum Gasteiger partial charge on any atom is 0.277 e. The maximum absolute atomic E-state index is 11.9. The molecule has 0 bridgehead atoms. The second-order valence-corrected chi connectivity index (χ2v) is 5.15. The van der Waals surface area contributed by atoms with E-state index in [2.05, 4.69) is 10.5 Å². The Balaban J connectivity index is 1.92. The summed E-state index contributed by atoms with van der Waals surface area (Å²) in [6.45, 7) is 1.93. The van der Waals surface area contributed by atoms with E-state index in [1.165, 1.54) is 6.21 Å². The number of hydrogen-bond donors (Lipinski definition) is 1. The fraction of sp³-hybridized carbons (Fsp3) is 0.263. The van der Waals surface area contributed by atoms with E-state index < -0.39 is 0 Å². The maximum atomic E-state index is 11.9. The molecule has 6 heteroatoms. The van der Waals surface area contributed by atoms with Gasteiger partial charge in [0.05, 0.1) is 20.4 Å². The van der Waals surface area contributed by atoms with E-state index in [4.69, 9.17) is 14.2 Å². The minimum Gasteiger partial charge on any atom is -0.497 e. The third kappa shape index (κ3) is 5.24. The fourth-order valence-corrected chi connectivity index (χ4v) is 2.23. The fourth-order valence-electron chi connectivity index (χ4n) is 2.23. The number of rotatable bonds is 8. The number of ether oxygens (including phenoxy) is 3. The number of hydrogen-bond acceptors (Lipinski definition) is 5. The van der Waals surface area contributed by atoms with Crippen molar-refractivity contribution in [2.24, 2.45) is 5.10 Å². The normalized spacial score (nSPS) is 10.5. The largest absolute Gasteiger partial charge is 0.497 e. The van der Waals surface area contributed by atoms with Gasteiger partial charge in [-0.15, -0.1) is 0 Å². The predicted octanol–water partition coefficient (Wildman–Crippen LogP) is 2.80. The van der Waals surface area contributed by atoms with Gasteiger partial charge in [0.1, 0.15) is 17.2 Å². The lowest BCUT2D eigenvalue weighted by molar-refractivity contribution is -0.123. The molecule has 0 saturated carbocycles. The van der Waals surface area contributed by atoms with Gasteiger partial charge in [0.15, 0.2) is 6.61 Å². The summed E-state index contributed by atoms with van der Waals surface area (Å²) in [5.41, 5.74) is 4.19. The molecule has 0 heterocycles. The van der Waals surface area contributed by atoms with Crippen molar-refractivity contribution in [3.05, 3.63) is 53.6 Å². The quantitative estimate of drug-likeness (QED) is 0.592. The number of nitrogens with one attached hydrogen (secondary N) is 1. The summed E-state index contributed by atoms with van der Waals surface area (Å²) in [5, 5.41) is 3.94. The molecule has 0 atom stereocenters. The molecule has 132 valence electrons. The van der Waals surface area contributed by atoms with E-state index >= 15 is 0 Å².